The second-order valence-corrected chi connectivity index (χ2v) is 3.34. The van der Waals surface area contributed by atoms with Crippen LogP contribution in [-0.4, -0.2) is 22.1 Å². The lowest BCUT2D eigenvalue weighted by Crippen LogP contribution is -3.00. The third kappa shape index (κ3) is 4.10. The summed E-state index contributed by atoms with van der Waals surface area (Å²) < 4.78 is 9.12. The molecule has 0 amide bonds. The van der Waals surface area contributed by atoms with Gasteiger partial charge >= 0.3 is 5.82 Å². The van der Waals surface area contributed by atoms with Gasteiger partial charge in [-0.1, -0.05) is 18.0 Å². The Hall–Kier alpha value is -1.51. The van der Waals surface area contributed by atoms with E-state index in [4.69, 9.17) is 16.4 Å². The van der Waals surface area contributed by atoms with Crippen molar-refractivity contribution in [3.8, 4) is 12.3 Å². The van der Waals surface area contributed by atoms with E-state index >= 15 is 0 Å². The predicted molar refractivity (Wildman–Crippen MR) is 59.0 cm³/mol. The summed E-state index contributed by atoms with van der Waals surface area (Å²) in [6.45, 7) is 2.31. The molecular formula is C11H16ClN3O2. The second-order valence-electron chi connectivity index (χ2n) is 3.34. The van der Waals surface area contributed by atoms with Crippen molar-refractivity contribution in [1.82, 2.24) is 4.57 Å². The van der Waals surface area contributed by atoms with Gasteiger partial charge in [0.25, 0.3) is 0 Å². The Morgan fingerprint density at radius 3 is 3.00 bits per heavy atom. The summed E-state index contributed by atoms with van der Waals surface area (Å²) >= 11 is 0. The number of rotatable bonds is 5. The number of terminal acetylenes is 1. The van der Waals surface area contributed by atoms with Gasteiger partial charge in [0, 0.05) is 0 Å². The van der Waals surface area contributed by atoms with E-state index in [1.165, 1.54) is 6.21 Å². The number of hydrogen-bond acceptors (Lipinski definition) is 3. The molecule has 1 aromatic heterocycles. The van der Waals surface area contributed by atoms with Gasteiger partial charge in [0.1, 0.15) is 18.5 Å². The molecule has 94 valence electrons. The first kappa shape index (κ1) is 15.5. The van der Waals surface area contributed by atoms with Crippen LogP contribution in [0.4, 0.5) is 0 Å². The van der Waals surface area contributed by atoms with Crippen molar-refractivity contribution in [3.05, 3.63) is 18.2 Å². The minimum atomic E-state index is -0.188. The average Bonchev–Trinajstić information content (AvgIpc) is 2.63. The van der Waals surface area contributed by atoms with Gasteiger partial charge in [0.2, 0.25) is 0 Å². The Labute approximate surface area is 107 Å². The van der Waals surface area contributed by atoms with E-state index < -0.39 is 0 Å². The molecule has 0 fully saturated rings. The van der Waals surface area contributed by atoms with Crippen LogP contribution in [0.25, 0.3) is 0 Å². The lowest BCUT2D eigenvalue weighted by molar-refractivity contribution is -0.672. The molecule has 1 heterocycles. The van der Waals surface area contributed by atoms with Gasteiger partial charge in [-0.25, -0.2) is 9.13 Å². The van der Waals surface area contributed by atoms with Crippen LogP contribution in [0.5, 0.6) is 0 Å². The summed E-state index contributed by atoms with van der Waals surface area (Å²) in [5.74, 6) is 3.29. The highest BCUT2D eigenvalue weighted by Crippen LogP contribution is 2.00. The van der Waals surface area contributed by atoms with Gasteiger partial charge in [-0.05, 0) is 6.42 Å². The Morgan fingerprint density at radius 2 is 2.47 bits per heavy atom. The topological polar surface area (TPSA) is 50.6 Å². The quantitative estimate of drug-likeness (QED) is 0.209. The first-order valence-corrected chi connectivity index (χ1v) is 5.02. The fraction of sp³-hybridized carbons (Fsp3) is 0.455. The van der Waals surface area contributed by atoms with Crippen LogP contribution in [0.15, 0.2) is 17.5 Å². The first-order valence-electron chi connectivity index (χ1n) is 5.02. The number of oxime groups is 1. The normalized spacial score (nSPS) is 12.1. The highest BCUT2D eigenvalue weighted by molar-refractivity contribution is 5.72. The molecule has 1 atom stereocenters. The van der Waals surface area contributed by atoms with E-state index in [-0.39, 0.29) is 18.5 Å². The van der Waals surface area contributed by atoms with Gasteiger partial charge in [0.15, 0.2) is 12.9 Å². The minimum Gasteiger partial charge on any atom is -1.00 e. The molecule has 0 aliphatic carbocycles. The molecule has 1 aromatic rings. The summed E-state index contributed by atoms with van der Waals surface area (Å²) in [5, 5.41) is 11.5. The lowest BCUT2D eigenvalue weighted by Gasteiger charge is -2.07. The summed E-state index contributed by atoms with van der Waals surface area (Å²) in [6.07, 6.45) is 10.9. The molecular weight excluding hydrogens is 242 g/mol. The zero-order valence-electron chi connectivity index (χ0n) is 9.88. The molecule has 1 unspecified atom stereocenters. The molecule has 0 saturated carbocycles. The summed E-state index contributed by atoms with van der Waals surface area (Å²) in [5.41, 5.74) is 0. The largest absolute Gasteiger partial charge is 1.00 e. The van der Waals surface area contributed by atoms with E-state index in [0.717, 1.165) is 12.2 Å². The zero-order chi connectivity index (χ0) is 12.0. The van der Waals surface area contributed by atoms with Crippen LogP contribution in [0, 0.1) is 12.3 Å². The Kier molecular flexibility index (Phi) is 7.03. The zero-order valence-corrected chi connectivity index (χ0v) is 10.6. The molecule has 1 N–H and O–H groups in total. The molecule has 0 radical (unpaired) electrons. The molecule has 17 heavy (non-hydrogen) atoms. The molecule has 0 aliphatic rings. The number of aryl methyl sites for hydroxylation is 1. The van der Waals surface area contributed by atoms with Gasteiger partial charge in [-0.3, -0.25) is 0 Å². The Balaban J connectivity index is 0.00000256. The fourth-order valence-corrected chi connectivity index (χ4v) is 1.32. The number of nitrogens with zero attached hydrogens (tertiary/aromatic N) is 3. The summed E-state index contributed by atoms with van der Waals surface area (Å²) in [4.78, 5) is 0. The maximum Gasteiger partial charge on any atom is 0.305 e. The highest BCUT2D eigenvalue weighted by Gasteiger charge is 2.13. The third-order valence-corrected chi connectivity index (χ3v) is 2.27. The van der Waals surface area contributed by atoms with Gasteiger partial charge < -0.3 is 22.4 Å². The first-order chi connectivity index (χ1) is 7.72. The predicted octanol–water partition coefficient (Wildman–Crippen LogP) is -2.49. The van der Waals surface area contributed by atoms with Crippen molar-refractivity contribution in [2.45, 2.75) is 26.2 Å². The van der Waals surface area contributed by atoms with E-state index in [2.05, 4.69) is 11.1 Å². The molecule has 0 spiro atoms. The van der Waals surface area contributed by atoms with Gasteiger partial charge in [0.05, 0.1) is 7.05 Å². The van der Waals surface area contributed by atoms with Crippen molar-refractivity contribution >= 4 is 6.21 Å². The van der Waals surface area contributed by atoms with Crippen LogP contribution in [0.3, 0.4) is 0 Å². The second kappa shape index (κ2) is 7.71. The van der Waals surface area contributed by atoms with Crippen molar-refractivity contribution in [3.63, 3.8) is 0 Å². The highest BCUT2D eigenvalue weighted by atomic mass is 35.5. The van der Waals surface area contributed by atoms with Gasteiger partial charge in [-0.15, -0.1) is 6.42 Å². The van der Waals surface area contributed by atoms with E-state index in [9.17, 15) is 0 Å². The number of imidazole rings is 1. The van der Waals surface area contributed by atoms with E-state index in [1.54, 1.807) is 4.57 Å². The van der Waals surface area contributed by atoms with Crippen molar-refractivity contribution in [2.24, 2.45) is 12.2 Å². The van der Waals surface area contributed by atoms with Crippen LogP contribution >= 0.6 is 0 Å². The van der Waals surface area contributed by atoms with E-state index in [1.807, 2.05) is 30.9 Å². The molecule has 0 saturated heterocycles. The number of halogens is 1. The summed E-state index contributed by atoms with van der Waals surface area (Å²) in [7, 11) is 1.85. The number of ether oxygens (including phenoxy) is 1. The van der Waals surface area contributed by atoms with Crippen LogP contribution in [0.1, 0.15) is 19.2 Å². The minimum absolute atomic E-state index is 0. The van der Waals surface area contributed by atoms with E-state index in [0.29, 0.717) is 6.73 Å². The lowest BCUT2D eigenvalue weighted by atomic mass is 10.3. The molecule has 0 bridgehead atoms. The molecule has 1 rings (SSSR count). The van der Waals surface area contributed by atoms with Crippen molar-refractivity contribution in [1.29, 1.82) is 0 Å². The van der Waals surface area contributed by atoms with Crippen molar-refractivity contribution < 1.29 is 26.9 Å². The standard InChI is InChI=1S/C11H15N3O2.ClH/c1-4-10(5-2)16-9-14-7-6-13(3)11(14)8-12-15;/h1,6-8,10H,5,9H2,2-3H3;1H. The third-order valence-electron chi connectivity index (χ3n) is 2.27. The fourth-order valence-electron chi connectivity index (χ4n) is 1.32. The monoisotopic (exact) mass is 257 g/mol. The maximum atomic E-state index is 8.53. The summed E-state index contributed by atoms with van der Waals surface area (Å²) in [6, 6.07) is 0. The molecule has 0 aromatic carbocycles. The Morgan fingerprint density at radius 1 is 1.76 bits per heavy atom. The van der Waals surface area contributed by atoms with Crippen LogP contribution in [0.2, 0.25) is 0 Å². The Bertz CT molecular complexity index is 409. The number of aromatic nitrogens is 2. The smallest absolute Gasteiger partial charge is 0.305 e. The molecule has 0 aliphatic heterocycles. The maximum absolute atomic E-state index is 8.53. The molecule has 5 nitrogen and oxygen atoms in total. The van der Waals surface area contributed by atoms with Crippen molar-refractivity contribution in [2.75, 3.05) is 0 Å². The number of hydrogen-bond donors (Lipinski definition) is 1. The molecule has 6 heteroatoms. The SMILES string of the molecule is C#CC(CC)OCn1cc[n+](C)c1/C=N/O.[Cl-]. The average molecular weight is 258 g/mol. The van der Waals surface area contributed by atoms with Gasteiger partial charge in [-0.2, -0.15) is 0 Å². The van der Waals surface area contributed by atoms with Crippen LogP contribution in [-0.2, 0) is 18.5 Å². The van der Waals surface area contributed by atoms with Crippen LogP contribution < -0.4 is 17.0 Å².